The van der Waals surface area contributed by atoms with E-state index in [4.69, 9.17) is 15.1 Å². The fourth-order valence-corrected chi connectivity index (χ4v) is 9.56. The van der Waals surface area contributed by atoms with E-state index in [-0.39, 0.29) is 5.84 Å². The van der Waals surface area contributed by atoms with Gasteiger partial charge >= 0.3 is 0 Å². The zero-order valence-corrected chi connectivity index (χ0v) is 29.9. The van der Waals surface area contributed by atoms with Crippen LogP contribution < -0.4 is 0 Å². The monoisotopic (exact) mass is 715 g/mol. The van der Waals surface area contributed by atoms with Crippen LogP contribution in [0, 0.1) is 5.41 Å². The van der Waals surface area contributed by atoms with E-state index in [1.54, 1.807) is 22.7 Å². The van der Waals surface area contributed by atoms with Crippen molar-refractivity contribution in [1.29, 1.82) is 5.41 Å². The van der Waals surface area contributed by atoms with Gasteiger partial charge in [-0.2, -0.15) is 5.10 Å². The Morgan fingerprint density at radius 3 is 1.89 bits per heavy atom. The molecule has 0 atom stereocenters. The van der Waals surface area contributed by atoms with Crippen LogP contribution in [0.25, 0.3) is 68.2 Å². The number of benzene rings is 7. The van der Waals surface area contributed by atoms with Crippen LogP contribution in [0.15, 0.2) is 174 Å². The minimum atomic E-state index is 0.180. The number of thiophene rings is 2. The van der Waals surface area contributed by atoms with Crippen LogP contribution >= 0.6 is 22.7 Å². The van der Waals surface area contributed by atoms with Gasteiger partial charge in [0.25, 0.3) is 0 Å². The summed E-state index contributed by atoms with van der Waals surface area (Å²) in [6, 6.07) is 56.2. The molecule has 0 unspecified atom stereocenters. The highest BCUT2D eigenvalue weighted by molar-refractivity contribution is 7.26. The fraction of sp³-hybridized carbons (Fsp3) is 0. The SMILES string of the molecule is N=C(N=C(N=Cc1cccc(-c2nn(-c3ccccc3)c3ccccc23)c1)c1cccc2c1sc1ccccc12)c1cccc2c1sc1ccccc12. The summed E-state index contributed by atoms with van der Waals surface area (Å²) < 4.78 is 6.56. The summed E-state index contributed by atoms with van der Waals surface area (Å²) in [6.07, 6.45) is 1.86. The van der Waals surface area contributed by atoms with Gasteiger partial charge in [-0.1, -0.05) is 115 Å². The van der Waals surface area contributed by atoms with Crippen LogP contribution in [0.1, 0.15) is 16.7 Å². The number of aliphatic imine (C=N–C) groups is 2. The summed E-state index contributed by atoms with van der Waals surface area (Å²) >= 11 is 3.44. The predicted molar refractivity (Wildman–Crippen MR) is 226 cm³/mol. The second-order valence-electron chi connectivity index (χ2n) is 12.8. The smallest absolute Gasteiger partial charge is 0.163 e. The first kappa shape index (κ1) is 31.2. The molecule has 3 aromatic heterocycles. The first-order valence-electron chi connectivity index (χ1n) is 17.4. The lowest BCUT2D eigenvalue weighted by atomic mass is 10.1. The summed E-state index contributed by atoms with van der Waals surface area (Å²) in [5.74, 6) is 0.675. The molecule has 0 bridgehead atoms. The molecular weight excluding hydrogens is 687 g/mol. The highest BCUT2D eigenvalue weighted by atomic mass is 32.1. The van der Waals surface area contributed by atoms with Gasteiger partial charge in [0, 0.05) is 68.6 Å². The maximum absolute atomic E-state index is 9.40. The average molecular weight is 716 g/mol. The van der Waals surface area contributed by atoms with Crippen molar-refractivity contribution < 1.29 is 0 Å². The van der Waals surface area contributed by atoms with Crippen LogP contribution in [0.5, 0.6) is 0 Å². The minimum Gasteiger partial charge on any atom is -0.282 e. The van der Waals surface area contributed by atoms with Gasteiger partial charge in [0.05, 0.1) is 11.2 Å². The Labute approximate surface area is 313 Å². The number of nitrogens with one attached hydrogen (secondary N) is 1. The predicted octanol–water partition coefficient (Wildman–Crippen LogP) is 12.3. The zero-order valence-electron chi connectivity index (χ0n) is 28.3. The van der Waals surface area contributed by atoms with Crippen molar-refractivity contribution in [2.75, 3.05) is 0 Å². The zero-order chi connectivity index (χ0) is 35.3. The van der Waals surface area contributed by atoms with Crippen LogP contribution in [0.4, 0.5) is 0 Å². The quantitative estimate of drug-likeness (QED) is 0.140. The van der Waals surface area contributed by atoms with E-state index >= 15 is 0 Å². The van der Waals surface area contributed by atoms with Crippen molar-refractivity contribution in [2.24, 2.45) is 9.98 Å². The van der Waals surface area contributed by atoms with Crippen LogP contribution in [0.3, 0.4) is 0 Å². The molecule has 3 heterocycles. The lowest BCUT2D eigenvalue weighted by molar-refractivity contribution is 0.915. The topological polar surface area (TPSA) is 66.4 Å². The summed E-state index contributed by atoms with van der Waals surface area (Å²) in [7, 11) is 0. The first-order valence-corrected chi connectivity index (χ1v) is 19.0. The van der Waals surface area contributed by atoms with E-state index < -0.39 is 0 Å². The molecule has 250 valence electrons. The number of hydrogen-bond acceptors (Lipinski definition) is 4. The van der Waals surface area contributed by atoms with Crippen LogP contribution in [-0.2, 0) is 0 Å². The molecule has 1 N–H and O–H groups in total. The van der Waals surface area contributed by atoms with Crippen molar-refractivity contribution in [1.82, 2.24) is 9.78 Å². The summed E-state index contributed by atoms with van der Waals surface area (Å²) in [6.45, 7) is 0. The van der Waals surface area contributed by atoms with E-state index in [9.17, 15) is 5.41 Å². The molecule has 0 radical (unpaired) electrons. The fourth-order valence-electron chi connectivity index (χ4n) is 7.13. The molecule has 5 nitrogen and oxygen atoms in total. The Morgan fingerprint density at radius 2 is 1.15 bits per heavy atom. The number of rotatable bonds is 5. The molecule has 0 amide bonds. The highest BCUT2D eigenvalue weighted by Crippen LogP contribution is 2.38. The van der Waals surface area contributed by atoms with E-state index in [0.717, 1.165) is 64.7 Å². The molecule has 0 aliphatic rings. The third-order valence-corrected chi connectivity index (χ3v) is 12.0. The molecular formula is C46H29N5S2. The molecule has 0 saturated heterocycles. The lowest BCUT2D eigenvalue weighted by Crippen LogP contribution is -2.05. The number of para-hydroxylation sites is 2. The maximum atomic E-state index is 9.40. The van der Waals surface area contributed by atoms with Crippen LogP contribution in [-0.4, -0.2) is 27.7 Å². The van der Waals surface area contributed by atoms with Gasteiger partial charge in [0.15, 0.2) is 11.7 Å². The Bertz CT molecular complexity index is 3090. The number of hydrogen-bond donors (Lipinski definition) is 1. The van der Waals surface area contributed by atoms with E-state index in [1.807, 2.05) is 59.4 Å². The largest absolute Gasteiger partial charge is 0.282 e. The molecule has 10 rings (SSSR count). The van der Waals surface area contributed by atoms with Crippen molar-refractivity contribution >= 4 is 91.8 Å². The summed E-state index contributed by atoms with van der Waals surface area (Å²) in [5.41, 5.74) is 6.56. The first-order chi connectivity index (χ1) is 26.2. The second-order valence-corrected chi connectivity index (χ2v) is 14.9. The van der Waals surface area contributed by atoms with E-state index in [0.29, 0.717) is 5.84 Å². The lowest BCUT2D eigenvalue weighted by Gasteiger charge is -2.07. The van der Waals surface area contributed by atoms with Crippen LogP contribution in [0.2, 0.25) is 0 Å². The molecule has 0 aliphatic heterocycles. The van der Waals surface area contributed by atoms with Gasteiger partial charge in [-0.15, -0.1) is 22.7 Å². The molecule has 0 saturated carbocycles. The Morgan fingerprint density at radius 1 is 0.566 bits per heavy atom. The standard InChI is InChI=1S/C46H29N5S2/c47-45(37-22-11-20-34-32-17-5-8-25-40(32)52-43(34)37)49-46(38-23-12-21-35-33-18-6-9-26-41(33)53-44(35)38)48-28-29-13-10-14-30(27-29)42-36-19-4-7-24-39(36)51(50-42)31-15-2-1-3-16-31/h1-28,47H. The number of nitrogens with zero attached hydrogens (tertiary/aromatic N) is 4. The summed E-state index contributed by atoms with van der Waals surface area (Å²) in [5, 5.41) is 20.3. The number of aromatic nitrogens is 2. The van der Waals surface area contributed by atoms with Crippen molar-refractivity contribution in [3.63, 3.8) is 0 Å². The highest BCUT2D eigenvalue weighted by Gasteiger charge is 2.17. The summed E-state index contributed by atoms with van der Waals surface area (Å²) in [4.78, 5) is 10.1. The third kappa shape index (κ3) is 5.46. The van der Waals surface area contributed by atoms with Gasteiger partial charge in [0.2, 0.25) is 0 Å². The molecule has 0 spiro atoms. The van der Waals surface area contributed by atoms with Gasteiger partial charge in [-0.05, 0) is 54.1 Å². The molecule has 53 heavy (non-hydrogen) atoms. The molecule has 7 aromatic carbocycles. The molecule has 10 aromatic rings. The van der Waals surface area contributed by atoms with Crippen molar-refractivity contribution in [3.05, 3.63) is 180 Å². The average Bonchev–Trinajstić information content (AvgIpc) is 3.92. The Kier molecular flexibility index (Phi) is 7.60. The third-order valence-electron chi connectivity index (χ3n) is 9.61. The van der Waals surface area contributed by atoms with Gasteiger partial charge < -0.3 is 0 Å². The van der Waals surface area contributed by atoms with E-state index in [2.05, 4.69) is 115 Å². The maximum Gasteiger partial charge on any atom is 0.163 e. The minimum absolute atomic E-state index is 0.180. The molecule has 7 heteroatoms. The van der Waals surface area contributed by atoms with Gasteiger partial charge in [0.1, 0.15) is 5.69 Å². The van der Waals surface area contributed by atoms with E-state index in [1.165, 1.54) is 20.2 Å². The molecule has 0 fully saturated rings. The second kappa shape index (κ2) is 12.9. The van der Waals surface area contributed by atoms with Gasteiger partial charge in [-0.25, -0.2) is 14.7 Å². The van der Waals surface area contributed by atoms with Gasteiger partial charge in [-0.3, -0.25) is 5.41 Å². The number of amidine groups is 2. The number of fused-ring (bicyclic) bond motifs is 7. The normalized spacial score (nSPS) is 12.3. The van der Waals surface area contributed by atoms with Crippen molar-refractivity contribution in [2.45, 2.75) is 0 Å². The Balaban J connectivity index is 1.10. The Hall–Kier alpha value is -6.54. The van der Waals surface area contributed by atoms with Crippen molar-refractivity contribution in [3.8, 4) is 16.9 Å². The molecule has 0 aliphatic carbocycles.